The Kier molecular flexibility index (Phi) is 2.76. The van der Waals surface area contributed by atoms with Gasteiger partial charge >= 0.3 is 0 Å². The van der Waals surface area contributed by atoms with Gasteiger partial charge in [-0.1, -0.05) is 13.8 Å². The summed E-state index contributed by atoms with van der Waals surface area (Å²) in [6, 6.07) is 2.43. The fourth-order valence-corrected chi connectivity index (χ4v) is 3.56. The van der Waals surface area contributed by atoms with Crippen molar-refractivity contribution in [3.8, 4) is 6.07 Å². The maximum absolute atomic E-state index is 11.0. The van der Waals surface area contributed by atoms with E-state index in [1.807, 2.05) is 0 Å². The normalized spacial score (nSPS) is 36.9. The fourth-order valence-electron chi connectivity index (χ4n) is 3.56. The highest BCUT2D eigenvalue weighted by Crippen LogP contribution is 2.57. The van der Waals surface area contributed by atoms with Crippen molar-refractivity contribution in [1.29, 1.82) is 5.26 Å². The van der Waals surface area contributed by atoms with E-state index in [1.165, 1.54) is 0 Å². The SMILES string of the molecule is CC1(C)CCCC1(O)C1(C#N)CCOCC1. The Morgan fingerprint density at radius 1 is 1.12 bits per heavy atom. The monoisotopic (exact) mass is 223 g/mol. The minimum atomic E-state index is -0.835. The summed E-state index contributed by atoms with van der Waals surface area (Å²) < 4.78 is 5.34. The van der Waals surface area contributed by atoms with E-state index < -0.39 is 11.0 Å². The molecule has 2 aliphatic rings. The van der Waals surface area contributed by atoms with Crippen LogP contribution in [0, 0.1) is 22.2 Å². The van der Waals surface area contributed by atoms with Crippen molar-refractivity contribution in [2.24, 2.45) is 10.8 Å². The lowest BCUT2D eigenvalue weighted by Gasteiger charge is -2.49. The molecule has 1 unspecified atom stereocenters. The molecule has 16 heavy (non-hydrogen) atoms. The molecule has 3 nitrogen and oxygen atoms in total. The molecule has 1 saturated carbocycles. The van der Waals surface area contributed by atoms with Crippen LogP contribution in [-0.4, -0.2) is 23.9 Å². The van der Waals surface area contributed by atoms with E-state index in [0.29, 0.717) is 26.1 Å². The van der Waals surface area contributed by atoms with E-state index in [4.69, 9.17) is 4.74 Å². The molecule has 1 saturated heterocycles. The van der Waals surface area contributed by atoms with Gasteiger partial charge in [0.25, 0.3) is 0 Å². The van der Waals surface area contributed by atoms with E-state index in [-0.39, 0.29) is 5.41 Å². The quantitative estimate of drug-likeness (QED) is 0.741. The molecule has 2 rings (SSSR count). The Hall–Kier alpha value is -0.590. The van der Waals surface area contributed by atoms with Crippen LogP contribution in [0.4, 0.5) is 0 Å². The molecule has 1 N–H and O–H groups in total. The Labute approximate surface area is 97.4 Å². The fraction of sp³-hybridized carbons (Fsp3) is 0.923. The van der Waals surface area contributed by atoms with Gasteiger partial charge in [-0.2, -0.15) is 5.26 Å². The molecule has 0 aromatic rings. The number of nitrogens with zero attached hydrogens (tertiary/aromatic N) is 1. The number of rotatable bonds is 1. The third-order valence-corrected chi connectivity index (χ3v) is 4.81. The molecule has 90 valence electrons. The Morgan fingerprint density at radius 3 is 2.19 bits per heavy atom. The van der Waals surface area contributed by atoms with E-state index >= 15 is 0 Å². The van der Waals surface area contributed by atoms with Gasteiger partial charge in [-0.25, -0.2) is 0 Å². The van der Waals surface area contributed by atoms with Crippen molar-refractivity contribution in [1.82, 2.24) is 0 Å². The summed E-state index contributed by atoms with van der Waals surface area (Å²) in [5.41, 5.74) is -1.58. The summed E-state index contributed by atoms with van der Waals surface area (Å²) in [4.78, 5) is 0. The molecule has 0 aromatic heterocycles. The number of hydrogen-bond acceptors (Lipinski definition) is 3. The zero-order valence-corrected chi connectivity index (χ0v) is 10.3. The molecule has 0 spiro atoms. The standard InChI is InChI=1S/C13H21NO2/c1-11(2)4-3-5-13(11,15)12(10-14)6-8-16-9-7-12/h15H,3-9H2,1-2H3. The topological polar surface area (TPSA) is 53.2 Å². The second-order valence-corrected chi connectivity index (χ2v) is 5.90. The number of hydrogen-bond donors (Lipinski definition) is 1. The number of ether oxygens (including phenoxy) is 1. The van der Waals surface area contributed by atoms with Crippen LogP contribution in [0.15, 0.2) is 0 Å². The lowest BCUT2D eigenvalue weighted by Crippen LogP contribution is -2.56. The van der Waals surface area contributed by atoms with Gasteiger partial charge in [0.05, 0.1) is 17.1 Å². The molecule has 0 radical (unpaired) electrons. The predicted molar refractivity (Wildman–Crippen MR) is 60.7 cm³/mol. The highest BCUT2D eigenvalue weighted by Gasteiger charge is 2.61. The molecular weight excluding hydrogens is 202 g/mol. The van der Waals surface area contributed by atoms with Crippen LogP contribution >= 0.6 is 0 Å². The van der Waals surface area contributed by atoms with Crippen molar-refractivity contribution in [2.75, 3.05) is 13.2 Å². The van der Waals surface area contributed by atoms with Crippen molar-refractivity contribution in [2.45, 2.75) is 51.6 Å². The Bertz CT molecular complexity index is 312. The van der Waals surface area contributed by atoms with Gasteiger partial charge in [-0.05, 0) is 37.5 Å². The van der Waals surface area contributed by atoms with Crippen molar-refractivity contribution in [3.05, 3.63) is 0 Å². The van der Waals surface area contributed by atoms with Crippen LogP contribution in [0.3, 0.4) is 0 Å². The van der Waals surface area contributed by atoms with Crippen molar-refractivity contribution < 1.29 is 9.84 Å². The predicted octanol–water partition coefficient (Wildman–Crippen LogP) is 2.25. The second-order valence-electron chi connectivity index (χ2n) is 5.90. The van der Waals surface area contributed by atoms with Crippen LogP contribution < -0.4 is 0 Å². The Morgan fingerprint density at radius 2 is 1.75 bits per heavy atom. The first-order chi connectivity index (χ1) is 7.47. The molecule has 1 aliphatic carbocycles. The van der Waals surface area contributed by atoms with Gasteiger partial charge in [0.2, 0.25) is 0 Å². The molecule has 0 bridgehead atoms. The number of aliphatic hydroxyl groups is 1. The lowest BCUT2D eigenvalue weighted by molar-refractivity contribution is -0.152. The minimum absolute atomic E-state index is 0.153. The third-order valence-electron chi connectivity index (χ3n) is 4.81. The molecular formula is C13H21NO2. The van der Waals surface area contributed by atoms with Crippen LogP contribution in [0.25, 0.3) is 0 Å². The summed E-state index contributed by atoms with van der Waals surface area (Å²) in [6.07, 6.45) is 4.13. The van der Waals surface area contributed by atoms with E-state index in [9.17, 15) is 10.4 Å². The van der Waals surface area contributed by atoms with Gasteiger partial charge in [-0.15, -0.1) is 0 Å². The average Bonchev–Trinajstić information content (AvgIpc) is 2.56. The molecule has 1 atom stereocenters. The molecule has 1 aliphatic heterocycles. The summed E-state index contributed by atoms with van der Waals surface area (Å²) >= 11 is 0. The summed E-state index contributed by atoms with van der Waals surface area (Å²) in [7, 11) is 0. The highest BCUT2D eigenvalue weighted by atomic mass is 16.5. The van der Waals surface area contributed by atoms with E-state index in [2.05, 4.69) is 19.9 Å². The van der Waals surface area contributed by atoms with Crippen molar-refractivity contribution >= 4 is 0 Å². The Balaban J connectivity index is 2.37. The van der Waals surface area contributed by atoms with Gasteiger partial charge in [0.15, 0.2) is 0 Å². The zero-order valence-electron chi connectivity index (χ0n) is 10.3. The second kappa shape index (κ2) is 3.72. The van der Waals surface area contributed by atoms with Gasteiger partial charge < -0.3 is 9.84 Å². The molecule has 0 aromatic carbocycles. The third kappa shape index (κ3) is 1.40. The molecule has 3 heteroatoms. The van der Waals surface area contributed by atoms with Gasteiger partial charge in [0, 0.05) is 13.2 Å². The first kappa shape index (κ1) is 11.9. The summed E-state index contributed by atoms with van der Waals surface area (Å²) in [6.45, 7) is 5.39. The summed E-state index contributed by atoms with van der Waals surface area (Å²) in [5, 5.41) is 20.6. The zero-order chi connectivity index (χ0) is 11.9. The van der Waals surface area contributed by atoms with Gasteiger partial charge in [-0.3, -0.25) is 0 Å². The van der Waals surface area contributed by atoms with E-state index in [1.54, 1.807) is 0 Å². The molecule has 1 heterocycles. The van der Waals surface area contributed by atoms with Crippen molar-refractivity contribution in [3.63, 3.8) is 0 Å². The first-order valence-electron chi connectivity index (χ1n) is 6.19. The molecule has 0 amide bonds. The van der Waals surface area contributed by atoms with E-state index in [0.717, 1.165) is 19.3 Å². The maximum Gasteiger partial charge on any atom is 0.0909 e. The molecule has 2 fully saturated rings. The lowest BCUT2D eigenvalue weighted by atomic mass is 9.58. The van der Waals surface area contributed by atoms with Crippen LogP contribution in [-0.2, 0) is 4.74 Å². The van der Waals surface area contributed by atoms with Crippen LogP contribution in [0.1, 0.15) is 46.0 Å². The largest absolute Gasteiger partial charge is 0.388 e. The maximum atomic E-state index is 11.0. The summed E-state index contributed by atoms with van der Waals surface area (Å²) in [5.74, 6) is 0. The van der Waals surface area contributed by atoms with Crippen LogP contribution in [0.2, 0.25) is 0 Å². The average molecular weight is 223 g/mol. The van der Waals surface area contributed by atoms with Crippen LogP contribution in [0.5, 0.6) is 0 Å². The first-order valence-corrected chi connectivity index (χ1v) is 6.19. The smallest absolute Gasteiger partial charge is 0.0909 e. The minimum Gasteiger partial charge on any atom is -0.388 e. The highest BCUT2D eigenvalue weighted by molar-refractivity contribution is 5.18. The van der Waals surface area contributed by atoms with Gasteiger partial charge in [0.1, 0.15) is 0 Å². The number of nitriles is 1.